The monoisotopic (exact) mass is 660 g/mol. The maximum Gasteiger partial charge on any atom is 0.412 e. The van der Waals surface area contributed by atoms with Crippen LogP contribution in [0.25, 0.3) is 0 Å². The number of ether oxygens (including phenoxy) is 2. The highest BCUT2D eigenvalue weighted by molar-refractivity contribution is 7.92. The fraction of sp³-hybridized carbons (Fsp3) is 0.433. The predicted molar refractivity (Wildman–Crippen MR) is 179 cm³/mol. The highest BCUT2D eigenvalue weighted by atomic mass is 35.5. The van der Waals surface area contributed by atoms with Gasteiger partial charge in [-0.25, -0.2) is 18.2 Å². The predicted octanol–water partition coefficient (Wildman–Crippen LogP) is 5.49. The average molecular weight is 661 g/mol. The van der Waals surface area contributed by atoms with Crippen LogP contribution in [0.4, 0.5) is 45.0 Å². The molecular weight excluding hydrogens is 620 g/mol. The molecule has 0 aliphatic carbocycles. The highest BCUT2D eigenvalue weighted by Crippen LogP contribution is 2.38. The molecule has 1 saturated heterocycles. The van der Waals surface area contributed by atoms with Gasteiger partial charge < -0.3 is 35.6 Å². The summed E-state index contributed by atoms with van der Waals surface area (Å²) in [5, 5.41) is 8.21. The molecule has 1 aliphatic heterocycles. The first-order chi connectivity index (χ1) is 21.1. The van der Waals surface area contributed by atoms with Crippen LogP contribution in [-0.4, -0.2) is 80.6 Å². The highest BCUT2D eigenvalue weighted by Gasteiger charge is 2.25. The normalized spacial score (nSPS) is 14.3. The number of methoxy groups -OCH3 is 1. The van der Waals surface area contributed by atoms with Crippen LogP contribution in [0.1, 0.15) is 34.6 Å². The molecule has 3 aromatic rings. The number of anilines is 7. The van der Waals surface area contributed by atoms with Gasteiger partial charge in [-0.1, -0.05) is 11.6 Å². The molecule has 0 unspecified atom stereocenters. The Morgan fingerprint density at radius 1 is 1.07 bits per heavy atom. The van der Waals surface area contributed by atoms with Crippen LogP contribution < -0.4 is 31.3 Å². The van der Waals surface area contributed by atoms with Gasteiger partial charge in [0.05, 0.1) is 46.2 Å². The molecule has 0 radical (unpaired) electrons. The summed E-state index contributed by atoms with van der Waals surface area (Å²) in [6.45, 7) is 11.9. The van der Waals surface area contributed by atoms with Crippen LogP contribution in [0, 0.1) is 0 Å². The molecule has 1 amide bonds. The lowest BCUT2D eigenvalue weighted by Gasteiger charge is -2.35. The van der Waals surface area contributed by atoms with Gasteiger partial charge in [-0.2, -0.15) is 4.98 Å². The number of nitrogens with one attached hydrogen (secondary N) is 3. The third kappa shape index (κ3) is 8.38. The maximum absolute atomic E-state index is 13.3. The van der Waals surface area contributed by atoms with Crippen molar-refractivity contribution in [2.75, 3.05) is 66.9 Å². The maximum atomic E-state index is 13.3. The summed E-state index contributed by atoms with van der Waals surface area (Å²) in [5.41, 5.74) is 8.18. The summed E-state index contributed by atoms with van der Waals surface area (Å²) < 4.78 is 37.5. The molecule has 1 aromatic heterocycles. The number of hydrogen-bond acceptors (Lipinski definition) is 12. The lowest BCUT2D eigenvalue weighted by atomic mass is 10.2. The number of benzene rings is 2. The van der Waals surface area contributed by atoms with Crippen molar-refractivity contribution in [3.63, 3.8) is 0 Å². The van der Waals surface area contributed by atoms with Gasteiger partial charge in [0.25, 0.3) is 0 Å². The second-order valence-corrected chi connectivity index (χ2v) is 14.9. The second-order valence-electron chi connectivity index (χ2n) is 12.0. The Morgan fingerprint density at radius 2 is 1.76 bits per heavy atom. The number of sulfone groups is 1. The number of likely N-dealkylation sites (N-methyl/N-ethyl adjacent to an activating group) is 1. The molecule has 5 N–H and O–H groups in total. The van der Waals surface area contributed by atoms with Gasteiger partial charge in [-0.15, -0.1) is 0 Å². The minimum atomic E-state index is -3.75. The lowest BCUT2D eigenvalue weighted by molar-refractivity contribution is 0.0636. The smallest absolute Gasteiger partial charge is 0.412 e. The molecule has 13 nitrogen and oxygen atoms in total. The van der Waals surface area contributed by atoms with Gasteiger partial charge in [0.15, 0.2) is 15.7 Å². The largest absolute Gasteiger partial charge is 0.494 e. The standard InChI is InChI=1S/C30H41ClN8O5S/c1-18(2)45(41,42)26-9-8-19(34-29(40)44-30(3,4)5)14-23(26)35-27-20(31)17-33-28(37-27)36-22-15-21(32)24(16-25(22)43-7)39-12-10-38(6)11-13-39/h8-9,14-18H,10-13,32H2,1-7H3,(H,34,40)(H2,33,35,36,37). The first-order valence-corrected chi connectivity index (χ1v) is 16.4. The molecule has 15 heteroatoms. The van der Waals surface area contributed by atoms with E-state index in [1.807, 2.05) is 6.07 Å². The van der Waals surface area contributed by atoms with Crippen molar-refractivity contribution in [1.29, 1.82) is 0 Å². The number of nitrogens with zero attached hydrogens (tertiary/aromatic N) is 4. The number of piperazine rings is 1. The summed E-state index contributed by atoms with van der Waals surface area (Å²) >= 11 is 6.47. The fourth-order valence-corrected chi connectivity index (χ4v) is 5.89. The Labute approximate surface area is 269 Å². The van der Waals surface area contributed by atoms with E-state index in [1.165, 1.54) is 24.4 Å². The van der Waals surface area contributed by atoms with Gasteiger partial charge in [-0.3, -0.25) is 5.32 Å². The molecule has 0 spiro atoms. The van der Waals surface area contributed by atoms with Gasteiger partial charge in [0.1, 0.15) is 16.4 Å². The number of carbonyl (C=O) groups is 1. The van der Waals surface area contributed by atoms with Crippen molar-refractivity contribution in [2.45, 2.75) is 50.4 Å². The van der Waals surface area contributed by atoms with Crippen molar-refractivity contribution in [3.05, 3.63) is 41.6 Å². The summed E-state index contributed by atoms with van der Waals surface area (Å²) in [5.74, 6) is 0.824. The van der Waals surface area contributed by atoms with Gasteiger partial charge in [0.2, 0.25) is 5.95 Å². The topological polar surface area (TPSA) is 164 Å². The van der Waals surface area contributed by atoms with E-state index in [4.69, 9.17) is 26.8 Å². The summed E-state index contributed by atoms with van der Waals surface area (Å²) in [6.07, 6.45) is 0.693. The molecule has 0 saturated carbocycles. The van der Waals surface area contributed by atoms with E-state index in [0.717, 1.165) is 31.9 Å². The van der Waals surface area contributed by atoms with Crippen molar-refractivity contribution >= 4 is 67.7 Å². The molecule has 45 heavy (non-hydrogen) atoms. The molecule has 2 aromatic carbocycles. The minimum absolute atomic E-state index is 0.00497. The second kappa shape index (κ2) is 13.5. The number of hydrogen-bond donors (Lipinski definition) is 4. The Kier molecular flexibility index (Phi) is 10.2. The van der Waals surface area contributed by atoms with Crippen molar-refractivity contribution in [2.24, 2.45) is 0 Å². The Balaban J connectivity index is 1.65. The third-order valence-electron chi connectivity index (χ3n) is 6.99. The van der Waals surface area contributed by atoms with E-state index in [1.54, 1.807) is 47.8 Å². The fourth-order valence-electron chi connectivity index (χ4n) is 4.57. The number of halogens is 1. The molecule has 4 rings (SSSR count). The van der Waals surface area contributed by atoms with Gasteiger partial charge in [-0.05, 0) is 65.9 Å². The van der Waals surface area contributed by atoms with E-state index >= 15 is 0 Å². The Morgan fingerprint density at radius 3 is 2.38 bits per heavy atom. The zero-order valence-corrected chi connectivity index (χ0v) is 28.1. The lowest BCUT2D eigenvalue weighted by Crippen LogP contribution is -2.44. The molecule has 1 fully saturated rings. The SMILES string of the molecule is COc1cc(N2CCN(C)CC2)c(N)cc1Nc1ncc(Cl)c(Nc2cc(NC(=O)OC(C)(C)C)ccc2S(=O)(=O)C(C)C)n1. The van der Waals surface area contributed by atoms with E-state index < -0.39 is 26.8 Å². The third-order valence-corrected chi connectivity index (χ3v) is 9.48. The Hall–Kier alpha value is -4.01. The molecule has 0 atom stereocenters. The van der Waals surface area contributed by atoms with E-state index in [-0.39, 0.29) is 27.4 Å². The van der Waals surface area contributed by atoms with Crippen molar-refractivity contribution in [1.82, 2.24) is 14.9 Å². The molecular formula is C30H41ClN8O5S. The average Bonchev–Trinajstić information content (AvgIpc) is 2.94. The summed E-state index contributed by atoms with van der Waals surface area (Å²) in [4.78, 5) is 25.7. The van der Waals surface area contributed by atoms with E-state index in [2.05, 4.69) is 42.8 Å². The summed E-state index contributed by atoms with van der Waals surface area (Å²) in [7, 11) is -0.0960. The first-order valence-electron chi connectivity index (χ1n) is 14.4. The van der Waals surface area contributed by atoms with Crippen LogP contribution in [0.15, 0.2) is 41.4 Å². The molecule has 244 valence electrons. The van der Waals surface area contributed by atoms with Crippen LogP contribution >= 0.6 is 11.6 Å². The minimum Gasteiger partial charge on any atom is -0.494 e. The van der Waals surface area contributed by atoms with Gasteiger partial charge >= 0.3 is 6.09 Å². The Bertz CT molecular complexity index is 1650. The molecule has 0 bridgehead atoms. The molecule has 1 aliphatic rings. The van der Waals surface area contributed by atoms with Crippen LogP contribution in [0.5, 0.6) is 5.75 Å². The van der Waals surface area contributed by atoms with Crippen molar-refractivity contribution < 1.29 is 22.7 Å². The zero-order valence-electron chi connectivity index (χ0n) is 26.6. The number of nitrogens with two attached hydrogens (primary N) is 1. The number of aromatic nitrogens is 2. The number of carbonyl (C=O) groups excluding carboxylic acids is 1. The first kappa shape index (κ1) is 33.9. The molecule has 2 heterocycles. The van der Waals surface area contributed by atoms with Crippen LogP contribution in [0.2, 0.25) is 5.02 Å². The van der Waals surface area contributed by atoms with Crippen LogP contribution in [-0.2, 0) is 14.6 Å². The van der Waals surface area contributed by atoms with Gasteiger partial charge in [0, 0.05) is 37.9 Å². The number of rotatable bonds is 9. The van der Waals surface area contributed by atoms with E-state index in [9.17, 15) is 13.2 Å². The van der Waals surface area contributed by atoms with E-state index in [0.29, 0.717) is 22.8 Å². The quantitative estimate of drug-likeness (QED) is 0.214. The van der Waals surface area contributed by atoms with Crippen molar-refractivity contribution in [3.8, 4) is 5.75 Å². The number of amides is 1. The summed E-state index contributed by atoms with van der Waals surface area (Å²) in [6, 6.07) is 8.02. The van der Waals surface area contributed by atoms with Crippen LogP contribution in [0.3, 0.4) is 0 Å². The zero-order chi connectivity index (χ0) is 33.1. The number of nitrogen functional groups attached to an aromatic ring is 1.